The minimum atomic E-state index is -0.535. The fourth-order valence-electron chi connectivity index (χ4n) is 1.24. The molecule has 0 saturated carbocycles. The number of amides is 2. The zero-order valence-electron chi connectivity index (χ0n) is 10.0. The van der Waals surface area contributed by atoms with Crippen LogP contribution in [0.25, 0.3) is 0 Å². The van der Waals surface area contributed by atoms with Crippen LogP contribution in [0.4, 0.5) is 0 Å². The fourth-order valence-corrected chi connectivity index (χ4v) is 1.24. The highest BCUT2D eigenvalue weighted by atomic mass is 16.5. The van der Waals surface area contributed by atoms with Gasteiger partial charge in [-0.25, -0.2) is 0 Å². The van der Waals surface area contributed by atoms with E-state index in [-0.39, 0.29) is 12.5 Å². The van der Waals surface area contributed by atoms with Gasteiger partial charge in [-0.1, -0.05) is 18.1 Å². The molecule has 5 nitrogen and oxygen atoms in total. The van der Waals surface area contributed by atoms with Gasteiger partial charge in [0.15, 0.2) is 6.61 Å². The molecule has 18 heavy (non-hydrogen) atoms. The summed E-state index contributed by atoms with van der Waals surface area (Å²) in [5.74, 6) is 4.55. The summed E-state index contributed by atoms with van der Waals surface area (Å²) < 4.78 is 5.15. The molecular weight excluding hydrogens is 232 g/mol. The van der Waals surface area contributed by atoms with Crippen molar-refractivity contribution in [3.8, 4) is 17.6 Å². The molecule has 1 rings (SSSR count). The molecule has 0 heterocycles. The first-order chi connectivity index (χ1) is 8.61. The Bertz CT molecular complexity index is 500. The Hall–Kier alpha value is -2.48. The third-order valence-corrected chi connectivity index (χ3v) is 1.97. The van der Waals surface area contributed by atoms with Gasteiger partial charge in [-0.15, -0.1) is 0 Å². The van der Waals surface area contributed by atoms with Crippen LogP contribution in [0.1, 0.15) is 12.5 Å². The van der Waals surface area contributed by atoms with E-state index in [1.165, 1.54) is 0 Å². The summed E-state index contributed by atoms with van der Waals surface area (Å²) in [4.78, 5) is 21.7. The summed E-state index contributed by atoms with van der Waals surface area (Å²) >= 11 is 0. The van der Waals surface area contributed by atoms with Crippen LogP contribution >= 0.6 is 0 Å². The number of primary amides is 1. The zero-order chi connectivity index (χ0) is 13.4. The highest BCUT2D eigenvalue weighted by molar-refractivity contribution is 5.93. The van der Waals surface area contributed by atoms with Crippen molar-refractivity contribution in [2.75, 3.05) is 6.61 Å². The second kappa shape index (κ2) is 6.97. The first-order valence-electron chi connectivity index (χ1n) is 5.32. The molecular formula is C13H14N2O3. The van der Waals surface area contributed by atoms with Crippen molar-refractivity contribution in [2.24, 2.45) is 5.73 Å². The number of rotatable bonds is 5. The van der Waals surface area contributed by atoms with Gasteiger partial charge in [-0.2, -0.15) is 0 Å². The fraction of sp³-hybridized carbons (Fsp3) is 0.231. The third-order valence-electron chi connectivity index (χ3n) is 1.97. The lowest BCUT2D eigenvalue weighted by molar-refractivity contribution is -0.120. The first kappa shape index (κ1) is 13.6. The number of nitrogens with two attached hydrogens (primary N) is 1. The Labute approximate surface area is 105 Å². The number of hydrogen-bond acceptors (Lipinski definition) is 3. The maximum absolute atomic E-state index is 11.1. The van der Waals surface area contributed by atoms with Gasteiger partial charge in [0.25, 0.3) is 11.8 Å². The predicted octanol–water partition coefficient (Wildman–Crippen LogP) is 0.190. The van der Waals surface area contributed by atoms with E-state index in [2.05, 4.69) is 17.2 Å². The molecule has 0 unspecified atom stereocenters. The first-order valence-corrected chi connectivity index (χ1v) is 5.32. The number of ether oxygens (including phenoxy) is 1. The van der Waals surface area contributed by atoms with E-state index in [0.29, 0.717) is 12.3 Å². The predicted molar refractivity (Wildman–Crippen MR) is 66.4 cm³/mol. The molecule has 5 heteroatoms. The summed E-state index contributed by atoms with van der Waals surface area (Å²) in [5.41, 5.74) is 5.82. The number of benzene rings is 1. The molecule has 0 aliphatic rings. The van der Waals surface area contributed by atoms with Crippen molar-refractivity contribution in [3.63, 3.8) is 0 Å². The maximum atomic E-state index is 11.1. The standard InChI is InChI=1S/C13H14N2O3/c1-2-4-13(17)15-8-10-5-3-6-11(7-10)18-9-12(14)16/h3,5-7H,8-9H2,1H3,(H2,14,16)(H,15,17). The van der Waals surface area contributed by atoms with Crippen LogP contribution in [0, 0.1) is 11.8 Å². The van der Waals surface area contributed by atoms with Crippen molar-refractivity contribution < 1.29 is 14.3 Å². The highest BCUT2D eigenvalue weighted by Gasteiger charge is 2.00. The van der Waals surface area contributed by atoms with Gasteiger partial charge in [0.2, 0.25) is 0 Å². The van der Waals surface area contributed by atoms with E-state index >= 15 is 0 Å². The van der Waals surface area contributed by atoms with Gasteiger partial charge >= 0.3 is 0 Å². The highest BCUT2D eigenvalue weighted by Crippen LogP contribution is 2.12. The Balaban J connectivity index is 2.55. The van der Waals surface area contributed by atoms with Gasteiger partial charge in [0.1, 0.15) is 5.75 Å². The normalized spacial score (nSPS) is 8.94. The molecule has 3 N–H and O–H groups in total. The lowest BCUT2D eigenvalue weighted by Gasteiger charge is -2.06. The summed E-state index contributed by atoms with van der Waals surface area (Å²) in [6.07, 6.45) is 0. The van der Waals surface area contributed by atoms with E-state index in [0.717, 1.165) is 5.56 Å². The molecule has 1 aromatic rings. The lowest BCUT2D eigenvalue weighted by Crippen LogP contribution is -2.21. The van der Waals surface area contributed by atoms with Gasteiger partial charge in [-0.05, 0) is 30.5 Å². The Morgan fingerprint density at radius 3 is 2.89 bits per heavy atom. The van der Waals surface area contributed by atoms with Crippen LogP contribution in [0.5, 0.6) is 5.75 Å². The zero-order valence-corrected chi connectivity index (χ0v) is 10.0. The van der Waals surface area contributed by atoms with Crippen LogP contribution in [0.2, 0.25) is 0 Å². The molecule has 1 aromatic carbocycles. The molecule has 0 radical (unpaired) electrons. The van der Waals surface area contributed by atoms with Crippen LogP contribution in [-0.4, -0.2) is 18.4 Å². The van der Waals surface area contributed by atoms with Crippen LogP contribution in [-0.2, 0) is 16.1 Å². The van der Waals surface area contributed by atoms with Crippen LogP contribution in [0.3, 0.4) is 0 Å². The van der Waals surface area contributed by atoms with Gasteiger partial charge < -0.3 is 15.8 Å². The molecule has 0 saturated heterocycles. The average molecular weight is 246 g/mol. The van der Waals surface area contributed by atoms with Crippen molar-refractivity contribution in [2.45, 2.75) is 13.5 Å². The smallest absolute Gasteiger partial charge is 0.296 e. The van der Waals surface area contributed by atoms with Crippen LogP contribution < -0.4 is 15.8 Å². The van der Waals surface area contributed by atoms with Gasteiger partial charge in [0, 0.05) is 6.54 Å². The quantitative estimate of drug-likeness (QED) is 0.728. The minimum absolute atomic E-state index is 0.170. The third kappa shape index (κ3) is 5.03. The second-order valence-corrected chi connectivity index (χ2v) is 3.46. The Kier molecular flexibility index (Phi) is 5.26. The topological polar surface area (TPSA) is 81.4 Å². The number of hydrogen-bond donors (Lipinski definition) is 2. The number of carbonyl (C=O) groups excluding carboxylic acids is 2. The van der Waals surface area contributed by atoms with E-state index in [9.17, 15) is 9.59 Å². The summed E-state index contributed by atoms with van der Waals surface area (Å²) in [5, 5.41) is 2.63. The molecule has 0 aliphatic heterocycles. The van der Waals surface area contributed by atoms with E-state index < -0.39 is 5.91 Å². The Morgan fingerprint density at radius 2 is 2.22 bits per heavy atom. The van der Waals surface area contributed by atoms with Crippen molar-refractivity contribution in [3.05, 3.63) is 29.8 Å². The van der Waals surface area contributed by atoms with Crippen LogP contribution in [0.15, 0.2) is 24.3 Å². The van der Waals surface area contributed by atoms with E-state index in [4.69, 9.17) is 10.5 Å². The van der Waals surface area contributed by atoms with E-state index in [1.54, 1.807) is 25.1 Å². The molecule has 2 amide bonds. The number of nitrogens with one attached hydrogen (secondary N) is 1. The molecule has 0 atom stereocenters. The molecule has 94 valence electrons. The van der Waals surface area contributed by atoms with Gasteiger partial charge in [-0.3, -0.25) is 9.59 Å². The summed E-state index contributed by atoms with van der Waals surface area (Å²) in [7, 11) is 0. The SMILES string of the molecule is CC#CC(=O)NCc1cccc(OCC(N)=O)c1. The summed E-state index contributed by atoms with van der Waals surface area (Å²) in [6.45, 7) is 1.77. The van der Waals surface area contributed by atoms with Crippen molar-refractivity contribution in [1.29, 1.82) is 0 Å². The minimum Gasteiger partial charge on any atom is -0.484 e. The maximum Gasteiger partial charge on any atom is 0.296 e. The largest absolute Gasteiger partial charge is 0.484 e. The lowest BCUT2D eigenvalue weighted by atomic mass is 10.2. The summed E-state index contributed by atoms with van der Waals surface area (Å²) in [6, 6.07) is 7.03. The van der Waals surface area contributed by atoms with E-state index in [1.807, 2.05) is 6.07 Å². The average Bonchev–Trinajstić information content (AvgIpc) is 2.35. The van der Waals surface area contributed by atoms with Crippen molar-refractivity contribution in [1.82, 2.24) is 5.32 Å². The molecule has 0 aliphatic carbocycles. The second-order valence-electron chi connectivity index (χ2n) is 3.46. The number of carbonyl (C=O) groups is 2. The Morgan fingerprint density at radius 1 is 1.44 bits per heavy atom. The monoisotopic (exact) mass is 246 g/mol. The van der Waals surface area contributed by atoms with Gasteiger partial charge in [0.05, 0.1) is 0 Å². The molecule has 0 spiro atoms. The molecule has 0 bridgehead atoms. The van der Waals surface area contributed by atoms with Crippen molar-refractivity contribution >= 4 is 11.8 Å². The molecule has 0 fully saturated rings. The molecule has 0 aromatic heterocycles.